The maximum absolute atomic E-state index is 13.8. The summed E-state index contributed by atoms with van der Waals surface area (Å²) in [6.07, 6.45) is 4.34. The first-order valence-corrected chi connectivity index (χ1v) is 16.5. The van der Waals surface area contributed by atoms with E-state index in [0.29, 0.717) is 16.1 Å². The third-order valence-electron chi connectivity index (χ3n) is 7.71. The van der Waals surface area contributed by atoms with Gasteiger partial charge in [0.2, 0.25) is 9.84 Å². The molecule has 0 saturated carbocycles. The number of aliphatic hydroxyl groups excluding tert-OH is 1. The summed E-state index contributed by atoms with van der Waals surface area (Å²) >= 11 is 7.13. The zero-order valence-corrected chi connectivity index (χ0v) is 25.6. The molecule has 1 unspecified atom stereocenters. The molecule has 43 heavy (non-hydrogen) atoms. The van der Waals surface area contributed by atoms with E-state index in [1.807, 2.05) is 19.1 Å². The summed E-state index contributed by atoms with van der Waals surface area (Å²) in [4.78, 5) is 35.2. The molecule has 220 valence electrons. The molecule has 0 aliphatic carbocycles. The molecule has 0 bridgehead atoms. The number of aliphatic hydroxyl groups is 1. The monoisotopic (exact) mass is 633 g/mol. The van der Waals surface area contributed by atoms with Gasteiger partial charge < -0.3 is 10.0 Å². The zero-order valence-electron chi connectivity index (χ0n) is 23.2. The number of halogens is 1. The van der Waals surface area contributed by atoms with E-state index >= 15 is 0 Å². The first kappa shape index (κ1) is 29.1. The molecule has 2 fully saturated rings. The number of benzene rings is 3. The van der Waals surface area contributed by atoms with Gasteiger partial charge in [0.25, 0.3) is 5.78 Å². The third-order valence-corrected chi connectivity index (χ3v) is 11.2. The molecule has 1 N–H and O–H groups in total. The van der Waals surface area contributed by atoms with Crippen LogP contribution >= 0.6 is 22.9 Å². The number of ketones is 1. The largest absolute Gasteiger partial charge is 0.507 e. The highest BCUT2D eigenvalue weighted by atomic mass is 35.5. The van der Waals surface area contributed by atoms with Crippen LogP contribution in [0.2, 0.25) is 5.02 Å². The first-order valence-electron chi connectivity index (χ1n) is 13.9. The summed E-state index contributed by atoms with van der Waals surface area (Å²) < 4.78 is 26.5. The van der Waals surface area contributed by atoms with Crippen molar-refractivity contribution in [3.05, 3.63) is 106 Å². The van der Waals surface area contributed by atoms with E-state index in [9.17, 15) is 23.1 Å². The van der Waals surface area contributed by atoms with Crippen LogP contribution in [0.5, 0.6) is 0 Å². The van der Waals surface area contributed by atoms with Crippen molar-refractivity contribution in [2.45, 2.75) is 41.3 Å². The highest BCUT2D eigenvalue weighted by molar-refractivity contribution is 7.93. The molecule has 6 rings (SSSR count). The van der Waals surface area contributed by atoms with E-state index < -0.39 is 27.6 Å². The molecule has 8 nitrogen and oxygen atoms in total. The van der Waals surface area contributed by atoms with Crippen LogP contribution in [0, 0.1) is 6.92 Å². The van der Waals surface area contributed by atoms with Crippen molar-refractivity contribution in [1.82, 2.24) is 4.98 Å². The van der Waals surface area contributed by atoms with E-state index in [0.717, 1.165) is 59.8 Å². The second-order valence-corrected chi connectivity index (χ2v) is 14.2. The summed E-state index contributed by atoms with van der Waals surface area (Å²) in [6, 6.07) is 19.1. The minimum Gasteiger partial charge on any atom is -0.507 e. The maximum atomic E-state index is 13.8. The number of carbonyl (C=O) groups is 2. The number of anilines is 2. The first-order chi connectivity index (χ1) is 20.7. The Labute approximate surface area is 258 Å². The Bertz CT molecular complexity index is 1860. The van der Waals surface area contributed by atoms with Gasteiger partial charge in [-0.1, -0.05) is 59.3 Å². The van der Waals surface area contributed by atoms with Gasteiger partial charge in [-0.3, -0.25) is 14.5 Å². The summed E-state index contributed by atoms with van der Waals surface area (Å²) in [5, 5.41) is 12.3. The lowest BCUT2D eigenvalue weighted by molar-refractivity contribution is -0.132. The molecular weight excluding hydrogens is 606 g/mol. The lowest BCUT2D eigenvalue weighted by Crippen LogP contribution is -2.30. The Morgan fingerprint density at radius 2 is 1.72 bits per heavy atom. The number of thiazole rings is 1. The van der Waals surface area contributed by atoms with Gasteiger partial charge in [-0.2, -0.15) is 0 Å². The molecule has 2 saturated heterocycles. The van der Waals surface area contributed by atoms with Crippen LogP contribution in [0.1, 0.15) is 42.0 Å². The van der Waals surface area contributed by atoms with E-state index in [1.165, 1.54) is 18.3 Å². The Morgan fingerprint density at radius 1 is 0.977 bits per heavy atom. The van der Waals surface area contributed by atoms with Crippen LogP contribution in [-0.2, 0) is 19.4 Å². The van der Waals surface area contributed by atoms with Crippen LogP contribution in [0.4, 0.5) is 10.8 Å². The molecule has 2 aliphatic rings. The highest BCUT2D eigenvalue weighted by Crippen LogP contribution is 2.45. The van der Waals surface area contributed by atoms with E-state index in [1.54, 1.807) is 48.5 Å². The number of piperidine rings is 1. The van der Waals surface area contributed by atoms with Gasteiger partial charge in [-0.25, -0.2) is 13.4 Å². The van der Waals surface area contributed by atoms with E-state index in [2.05, 4.69) is 9.88 Å². The van der Waals surface area contributed by atoms with Crippen molar-refractivity contribution >= 4 is 61.0 Å². The summed E-state index contributed by atoms with van der Waals surface area (Å²) in [5.41, 5.74) is 2.60. The summed E-state index contributed by atoms with van der Waals surface area (Å²) in [6.45, 7) is 3.59. The van der Waals surface area contributed by atoms with Crippen molar-refractivity contribution in [3.8, 4) is 0 Å². The molecule has 3 aromatic carbocycles. The second kappa shape index (κ2) is 11.6. The van der Waals surface area contributed by atoms with Gasteiger partial charge in [-0.05, 0) is 73.7 Å². The fourth-order valence-electron chi connectivity index (χ4n) is 5.61. The molecule has 1 aromatic heterocycles. The van der Waals surface area contributed by atoms with Gasteiger partial charge in [0.1, 0.15) is 9.97 Å². The molecule has 1 amide bonds. The van der Waals surface area contributed by atoms with Crippen LogP contribution < -0.4 is 9.80 Å². The van der Waals surface area contributed by atoms with E-state index in [-0.39, 0.29) is 25.6 Å². The van der Waals surface area contributed by atoms with Crippen molar-refractivity contribution < 1.29 is 23.1 Å². The number of carbonyl (C=O) groups excluding carboxylic acids is 2. The second-order valence-electron chi connectivity index (χ2n) is 10.6. The SMILES string of the molecule is Cc1ccc(/C(O)=C2\C(=O)C(=O)N(c3ncc(S(=O)(=O)c4ccccc4)s3)C2c2cccc(Cl)c2)c(N2CCCCC2)c1. The highest BCUT2D eigenvalue weighted by Gasteiger charge is 2.48. The zero-order chi connectivity index (χ0) is 30.3. The molecular formula is C32H28ClN3O5S2. The molecule has 11 heteroatoms. The molecule has 0 radical (unpaired) electrons. The Balaban J connectivity index is 1.51. The van der Waals surface area contributed by atoms with Crippen molar-refractivity contribution in [2.24, 2.45) is 0 Å². The minimum absolute atomic E-state index is 0.0146. The van der Waals surface area contributed by atoms with E-state index in [4.69, 9.17) is 11.6 Å². The quantitative estimate of drug-likeness (QED) is 0.146. The Hall–Kier alpha value is -3.99. The van der Waals surface area contributed by atoms with Gasteiger partial charge in [0, 0.05) is 29.4 Å². The normalized spacial score (nSPS) is 18.8. The molecule has 4 aromatic rings. The standard InChI is InChI=1S/C32H28ClN3O5S2/c1-20-13-14-24(25(17-20)35-15-6-3-7-16-35)29(37)27-28(21-9-8-10-22(33)18-21)36(31(39)30(27)38)32-34-19-26(42-32)43(40,41)23-11-4-2-5-12-23/h2,4-5,8-14,17-19,28,37H,3,6-7,15-16H2,1H3/b29-27+. The van der Waals surface area contributed by atoms with Gasteiger partial charge in [0.15, 0.2) is 5.13 Å². The van der Waals surface area contributed by atoms with Crippen molar-refractivity contribution in [1.29, 1.82) is 0 Å². The predicted octanol–water partition coefficient (Wildman–Crippen LogP) is 6.55. The van der Waals surface area contributed by atoms with Gasteiger partial charge in [-0.15, -0.1) is 0 Å². The number of hydrogen-bond donors (Lipinski definition) is 1. The van der Waals surface area contributed by atoms with Gasteiger partial charge in [0.05, 0.1) is 22.7 Å². The molecule has 1 atom stereocenters. The smallest absolute Gasteiger partial charge is 0.301 e. The maximum Gasteiger partial charge on any atom is 0.301 e. The third kappa shape index (κ3) is 5.35. The lowest BCUT2D eigenvalue weighted by Gasteiger charge is -2.31. The topological polar surface area (TPSA) is 108 Å². The predicted molar refractivity (Wildman–Crippen MR) is 167 cm³/mol. The summed E-state index contributed by atoms with van der Waals surface area (Å²) in [7, 11) is -3.92. The average Bonchev–Trinajstić information content (AvgIpc) is 3.61. The number of sulfone groups is 1. The Kier molecular flexibility index (Phi) is 7.85. The van der Waals surface area contributed by atoms with Crippen molar-refractivity contribution in [3.63, 3.8) is 0 Å². The number of aromatic nitrogens is 1. The minimum atomic E-state index is -3.92. The number of rotatable bonds is 6. The van der Waals surface area contributed by atoms with Crippen LogP contribution in [-0.4, -0.2) is 43.3 Å². The Morgan fingerprint density at radius 3 is 2.44 bits per heavy atom. The number of Topliss-reactive ketones (excluding diaryl/α,β-unsaturated/α-hetero) is 1. The number of nitrogens with zero attached hydrogens (tertiary/aromatic N) is 3. The fourth-order valence-corrected chi connectivity index (χ4v) is 8.37. The van der Waals surface area contributed by atoms with Gasteiger partial charge >= 0.3 is 5.91 Å². The van der Waals surface area contributed by atoms with Crippen LogP contribution in [0.3, 0.4) is 0 Å². The number of amides is 1. The fraction of sp³-hybridized carbons (Fsp3) is 0.219. The lowest BCUT2D eigenvalue weighted by atomic mass is 9.94. The number of aryl methyl sites for hydroxylation is 1. The number of hydrogen-bond acceptors (Lipinski definition) is 8. The average molecular weight is 634 g/mol. The van der Waals surface area contributed by atoms with Crippen molar-refractivity contribution in [2.75, 3.05) is 22.9 Å². The van der Waals surface area contributed by atoms with Crippen LogP contribution in [0.15, 0.2) is 93.7 Å². The molecule has 0 spiro atoms. The molecule has 2 aliphatic heterocycles. The summed E-state index contributed by atoms with van der Waals surface area (Å²) in [5.74, 6) is -2.12. The van der Waals surface area contributed by atoms with Crippen LogP contribution in [0.25, 0.3) is 5.76 Å². The molecule has 3 heterocycles.